The molecule has 0 unspecified atom stereocenters. The Balaban J connectivity index is 2.07. The Morgan fingerprint density at radius 1 is 1.43 bits per heavy atom. The van der Waals surface area contributed by atoms with E-state index in [0.29, 0.717) is 13.1 Å². The second-order valence-electron chi connectivity index (χ2n) is 4.49. The molecule has 0 radical (unpaired) electrons. The predicted octanol–water partition coefficient (Wildman–Crippen LogP) is 2.74. The van der Waals surface area contributed by atoms with E-state index in [4.69, 9.17) is 0 Å². The molecule has 2 N–H and O–H groups in total. The van der Waals surface area contributed by atoms with Gasteiger partial charge in [-0.25, -0.2) is 14.4 Å². The third-order valence-electron chi connectivity index (χ3n) is 2.93. The minimum Gasteiger partial charge on any atom is -0.368 e. The zero-order valence-corrected chi connectivity index (χ0v) is 12.8. The highest BCUT2D eigenvalue weighted by Gasteiger charge is 2.16. The fourth-order valence-corrected chi connectivity index (χ4v) is 2.45. The van der Waals surface area contributed by atoms with Crippen LogP contribution >= 0.6 is 11.3 Å². The molecule has 2 aromatic rings. The molecule has 1 amide bonds. The number of halogens is 1. The van der Waals surface area contributed by atoms with Crippen LogP contribution in [0.2, 0.25) is 0 Å². The minimum atomic E-state index is -0.621. The highest BCUT2D eigenvalue weighted by Crippen LogP contribution is 2.16. The maximum atomic E-state index is 14.2. The second kappa shape index (κ2) is 7.12. The molecule has 0 saturated heterocycles. The molecule has 0 aliphatic carbocycles. The van der Waals surface area contributed by atoms with Crippen LogP contribution in [0.5, 0.6) is 0 Å². The number of rotatable bonds is 6. The number of thiazole rings is 1. The average molecular weight is 308 g/mol. The van der Waals surface area contributed by atoms with Gasteiger partial charge in [-0.15, -0.1) is 11.3 Å². The summed E-state index contributed by atoms with van der Waals surface area (Å²) in [5.41, 5.74) is 2.59. The fraction of sp³-hybridized carbons (Fsp3) is 0.357. The van der Waals surface area contributed by atoms with Gasteiger partial charge in [0.25, 0.3) is 5.91 Å². The number of carbonyl (C=O) groups is 1. The lowest BCUT2D eigenvalue weighted by Crippen LogP contribution is -2.24. The molecule has 0 bridgehead atoms. The Kier molecular flexibility index (Phi) is 5.21. The van der Waals surface area contributed by atoms with Crippen LogP contribution in [0.25, 0.3) is 0 Å². The summed E-state index contributed by atoms with van der Waals surface area (Å²) in [5.74, 6) is -0.967. The van der Waals surface area contributed by atoms with Gasteiger partial charge in [0.05, 0.1) is 23.3 Å². The van der Waals surface area contributed by atoms with E-state index in [2.05, 4.69) is 20.6 Å². The summed E-state index contributed by atoms with van der Waals surface area (Å²) in [6, 6.07) is 1.38. The first-order valence-electron chi connectivity index (χ1n) is 6.69. The lowest BCUT2D eigenvalue weighted by molar-refractivity contribution is 0.0947. The minimum absolute atomic E-state index is 0.00854. The van der Waals surface area contributed by atoms with Crippen molar-refractivity contribution in [3.8, 4) is 0 Å². The van der Waals surface area contributed by atoms with Gasteiger partial charge in [0.2, 0.25) is 0 Å². The standard InChI is InChI=1S/C14H17FN4OS/c1-3-5-16-13-12(15)10(4-6-17-13)14(20)18-7-11-9(2)19-8-21-11/h4,6,8H,3,5,7H2,1-2H3,(H,16,17)(H,18,20). The molecule has 2 rings (SSSR count). The number of nitrogens with one attached hydrogen (secondary N) is 2. The SMILES string of the molecule is CCCNc1nccc(C(=O)NCc2scnc2C)c1F. The van der Waals surface area contributed by atoms with Crippen LogP contribution in [0.3, 0.4) is 0 Å². The molecule has 0 aliphatic rings. The first kappa shape index (κ1) is 15.4. The van der Waals surface area contributed by atoms with Gasteiger partial charge in [0, 0.05) is 17.6 Å². The molecule has 112 valence electrons. The van der Waals surface area contributed by atoms with E-state index in [0.717, 1.165) is 17.0 Å². The molecule has 21 heavy (non-hydrogen) atoms. The number of anilines is 1. The first-order valence-corrected chi connectivity index (χ1v) is 7.57. The fourth-order valence-electron chi connectivity index (χ4n) is 1.74. The Morgan fingerprint density at radius 2 is 2.24 bits per heavy atom. The van der Waals surface area contributed by atoms with Crippen LogP contribution in [0.4, 0.5) is 10.2 Å². The molecule has 0 fully saturated rings. The number of carbonyl (C=O) groups excluding carboxylic acids is 1. The van der Waals surface area contributed by atoms with Crippen molar-refractivity contribution < 1.29 is 9.18 Å². The molecule has 0 spiro atoms. The Labute approximate surface area is 126 Å². The van der Waals surface area contributed by atoms with Gasteiger partial charge in [0.15, 0.2) is 11.6 Å². The quantitative estimate of drug-likeness (QED) is 0.861. The molecule has 7 heteroatoms. The molecule has 0 atom stereocenters. The van der Waals surface area contributed by atoms with Crippen LogP contribution in [0.15, 0.2) is 17.8 Å². The molecule has 5 nitrogen and oxygen atoms in total. The first-order chi connectivity index (χ1) is 10.1. The van der Waals surface area contributed by atoms with Crippen molar-refractivity contribution in [2.75, 3.05) is 11.9 Å². The summed E-state index contributed by atoms with van der Waals surface area (Å²) < 4.78 is 14.2. The van der Waals surface area contributed by atoms with Crippen molar-refractivity contribution in [2.45, 2.75) is 26.8 Å². The third-order valence-corrected chi connectivity index (χ3v) is 3.87. The largest absolute Gasteiger partial charge is 0.368 e. The monoisotopic (exact) mass is 308 g/mol. The molecule has 0 aliphatic heterocycles. The van der Waals surface area contributed by atoms with Crippen molar-refractivity contribution in [3.05, 3.63) is 39.7 Å². The smallest absolute Gasteiger partial charge is 0.254 e. The van der Waals surface area contributed by atoms with E-state index in [-0.39, 0.29) is 11.4 Å². The zero-order chi connectivity index (χ0) is 15.2. The van der Waals surface area contributed by atoms with Crippen molar-refractivity contribution >= 4 is 23.1 Å². The van der Waals surface area contributed by atoms with Gasteiger partial charge in [-0.1, -0.05) is 6.92 Å². The van der Waals surface area contributed by atoms with Gasteiger partial charge < -0.3 is 10.6 Å². The van der Waals surface area contributed by atoms with Crippen LogP contribution in [0.1, 0.15) is 34.3 Å². The molecule has 2 aromatic heterocycles. The van der Waals surface area contributed by atoms with Gasteiger partial charge in [-0.05, 0) is 19.4 Å². The van der Waals surface area contributed by atoms with E-state index >= 15 is 0 Å². The summed E-state index contributed by atoms with van der Waals surface area (Å²) in [7, 11) is 0. The Bertz CT molecular complexity index is 629. The Hall–Kier alpha value is -2.02. The van der Waals surface area contributed by atoms with Crippen LogP contribution in [-0.2, 0) is 6.54 Å². The number of aryl methyl sites for hydroxylation is 1. The van der Waals surface area contributed by atoms with Crippen molar-refractivity contribution in [1.29, 1.82) is 0 Å². The third kappa shape index (κ3) is 3.75. The lowest BCUT2D eigenvalue weighted by Gasteiger charge is -2.09. The molecular weight excluding hydrogens is 291 g/mol. The number of nitrogens with zero attached hydrogens (tertiary/aromatic N) is 2. The molecule has 0 saturated carbocycles. The van der Waals surface area contributed by atoms with Crippen LogP contribution in [-0.4, -0.2) is 22.4 Å². The van der Waals surface area contributed by atoms with Crippen LogP contribution in [0, 0.1) is 12.7 Å². The number of hydrogen-bond donors (Lipinski definition) is 2. The van der Waals surface area contributed by atoms with Gasteiger partial charge in [0.1, 0.15) is 0 Å². The van der Waals surface area contributed by atoms with E-state index in [9.17, 15) is 9.18 Å². The normalized spacial score (nSPS) is 10.4. The summed E-state index contributed by atoms with van der Waals surface area (Å²) in [6.45, 7) is 4.79. The van der Waals surface area contributed by atoms with Crippen molar-refractivity contribution in [1.82, 2.24) is 15.3 Å². The van der Waals surface area contributed by atoms with Gasteiger partial charge in [-0.3, -0.25) is 4.79 Å². The molecule has 0 aromatic carbocycles. The van der Waals surface area contributed by atoms with E-state index < -0.39 is 11.7 Å². The summed E-state index contributed by atoms with van der Waals surface area (Å²) in [6.07, 6.45) is 2.27. The van der Waals surface area contributed by atoms with Gasteiger partial charge in [-0.2, -0.15) is 0 Å². The Morgan fingerprint density at radius 3 is 2.90 bits per heavy atom. The number of amides is 1. The summed E-state index contributed by atoms with van der Waals surface area (Å²) >= 11 is 1.46. The maximum Gasteiger partial charge on any atom is 0.254 e. The summed E-state index contributed by atoms with van der Waals surface area (Å²) in [4.78, 5) is 21.1. The average Bonchev–Trinajstić information content (AvgIpc) is 2.89. The lowest BCUT2D eigenvalue weighted by atomic mass is 10.2. The highest BCUT2D eigenvalue weighted by molar-refractivity contribution is 7.09. The molecule has 2 heterocycles. The van der Waals surface area contributed by atoms with E-state index in [1.807, 2.05) is 13.8 Å². The zero-order valence-electron chi connectivity index (χ0n) is 11.9. The highest BCUT2D eigenvalue weighted by atomic mass is 32.1. The second-order valence-corrected chi connectivity index (χ2v) is 5.43. The topological polar surface area (TPSA) is 66.9 Å². The number of hydrogen-bond acceptors (Lipinski definition) is 5. The molecular formula is C14H17FN4OS. The van der Waals surface area contributed by atoms with E-state index in [1.54, 1.807) is 5.51 Å². The summed E-state index contributed by atoms with van der Waals surface area (Å²) in [5, 5.41) is 5.56. The van der Waals surface area contributed by atoms with Gasteiger partial charge >= 0.3 is 0 Å². The predicted molar refractivity (Wildman–Crippen MR) is 81.0 cm³/mol. The van der Waals surface area contributed by atoms with E-state index in [1.165, 1.54) is 23.6 Å². The number of aromatic nitrogens is 2. The van der Waals surface area contributed by atoms with Crippen molar-refractivity contribution in [2.24, 2.45) is 0 Å². The number of pyridine rings is 1. The maximum absolute atomic E-state index is 14.2. The van der Waals surface area contributed by atoms with Crippen LogP contribution < -0.4 is 10.6 Å². The van der Waals surface area contributed by atoms with Crippen molar-refractivity contribution in [3.63, 3.8) is 0 Å².